The van der Waals surface area contributed by atoms with Crippen LogP contribution in [0.15, 0.2) is 15.4 Å². The fourth-order valence-electron chi connectivity index (χ4n) is 1.65. The van der Waals surface area contributed by atoms with E-state index in [4.69, 9.17) is 9.84 Å². The third-order valence-electron chi connectivity index (χ3n) is 2.79. The number of carbonyl (C=O) groups is 1. The Hall–Kier alpha value is -1.72. The molecule has 0 bridgehead atoms. The van der Waals surface area contributed by atoms with Crippen molar-refractivity contribution >= 4 is 37.6 Å². The number of benzene rings is 1. The van der Waals surface area contributed by atoms with Gasteiger partial charge >= 0.3 is 11.7 Å². The van der Waals surface area contributed by atoms with Gasteiger partial charge < -0.3 is 9.84 Å². The number of halogens is 1. The molecule has 0 amide bonds. The lowest BCUT2D eigenvalue weighted by atomic mass is 10.2. The molecule has 0 aliphatic heterocycles. The van der Waals surface area contributed by atoms with Gasteiger partial charge in [-0.05, 0) is 19.9 Å². The van der Waals surface area contributed by atoms with Crippen LogP contribution in [0.3, 0.4) is 0 Å². The predicted molar refractivity (Wildman–Crippen MR) is 79.5 cm³/mol. The average Bonchev–Trinajstić information content (AvgIpc) is 2.39. The highest BCUT2D eigenvalue weighted by Gasteiger charge is 2.32. The van der Waals surface area contributed by atoms with E-state index in [1.807, 2.05) is 4.72 Å². The first kappa shape index (κ1) is 18.3. The van der Waals surface area contributed by atoms with Crippen molar-refractivity contribution in [2.75, 3.05) is 7.11 Å². The van der Waals surface area contributed by atoms with Gasteiger partial charge in [0, 0.05) is 10.0 Å². The van der Waals surface area contributed by atoms with Gasteiger partial charge in [0.25, 0.3) is 0 Å². The van der Waals surface area contributed by atoms with E-state index in [1.54, 1.807) is 0 Å². The summed E-state index contributed by atoms with van der Waals surface area (Å²) in [4.78, 5) is 20.7. The van der Waals surface area contributed by atoms with Gasteiger partial charge in [0.15, 0.2) is 0 Å². The molecule has 0 saturated heterocycles. The number of methoxy groups -OCH3 is 1. The van der Waals surface area contributed by atoms with Crippen molar-refractivity contribution < 1.29 is 28.0 Å². The third-order valence-corrected chi connectivity index (χ3v) is 5.16. The molecular weight excluding hydrogens is 384 g/mol. The summed E-state index contributed by atoms with van der Waals surface area (Å²) in [5.41, 5.74) is -0.327. The second-order valence-corrected chi connectivity index (χ2v) is 6.84. The monoisotopic (exact) mass is 396 g/mol. The van der Waals surface area contributed by atoms with Gasteiger partial charge in [-0.1, -0.05) is 15.9 Å². The molecule has 1 atom stereocenters. The summed E-state index contributed by atoms with van der Waals surface area (Å²) >= 11 is 3.05. The van der Waals surface area contributed by atoms with Crippen LogP contribution in [0.1, 0.15) is 12.5 Å². The Bertz CT molecular complexity index is 732. The molecular formula is C11H13BrN2O7S. The minimum atomic E-state index is -4.33. The number of carboxylic acid groups (broad SMARTS) is 1. The van der Waals surface area contributed by atoms with Crippen LogP contribution in [0.5, 0.6) is 5.75 Å². The first-order valence-corrected chi connectivity index (χ1v) is 8.07. The number of rotatable bonds is 6. The summed E-state index contributed by atoms with van der Waals surface area (Å²) in [5.74, 6) is -1.85. The highest BCUT2D eigenvalue weighted by Crippen LogP contribution is 2.40. The number of hydrogen-bond donors (Lipinski definition) is 2. The zero-order chi connectivity index (χ0) is 17.2. The summed E-state index contributed by atoms with van der Waals surface area (Å²) in [7, 11) is -3.24. The maximum absolute atomic E-state index is 12.3. The van der Waals surface area contributed by atoms with Crippen LogP contribution in [-0.2, 0) is 14.8 Å². The highest BCUT2D eigenvalue weighted by molar-refractivity contribution is 9.10. The fraction of sp³-hybridized carbons (Fsp3) is 0.364. The molecule has 9 nitrogen and oxygen atoms in total. The van der Waals surface area contributed by atoms with E-state index in [1.165, 1.54) is 6.92 Å². The van der Waals surface area contributed by atoms with E-state index in [-0.39, 0.29) is 10.0 Å². The molecule has 0 aliphatic rings. The Labute approximate surface area is 134 Å². The number of sulfonamides is 1. The Balaban J connectivity index is 3.60. The molecule has 0 aliphatic carbocycles. The predicted octanol–water partition coefficient (Wildman–Crippen LogP) is 1.43. The molecule has 0 aromatic heterocycles. The van der Waals surface area contributed by atoms with Crippen LogP contribution in [0.2, 0.25) is 0 Å². The summed E-state index contributed by atoms with van der Waals surface area (Å²) in [6, 6.07) is -0.285. The number of nitrogens with one attached hydrogen (secondary N) is 1. The number of ether oxygens (including phenoxy) is 1. The van der Waals surface area contributed by atoms with Crippen LogP contribution in [-0.4, -0.2) is 37.6 Å². The lowest BCUT2D eigenvalue weighted by Gasteiger charge is -2.15. The van der Waals surface area contributed by atoms with Gasteiger partial charge in [-0.2, -0.15) is 4.72 Å². The molecule has 1 aromatic carbocycles. The standard InChI is InChI=1S/C11H13BrN2O7S/c1-5-7(12)4-8(10(21-3)9(5)14(17)18)22(19,20)13-6(2)11(15)16/h4,6,13H,1-3H3,(H,15,16)/t6-/m0/s1. The number of nitrogens with zero attached hydrogens (tertiary/aromatic N) is 1. The summed E-state index contributed by atoms with van der Waals surface area (Å²) in [5, 5.41) is 19.9. The number of aliphatic carboxylic acids is 1. The normalized spacial score (nSPS) is 12.7. The van der Waals surface area contributed by atoms with Crippen LogP contribution < -0.4 is 9.46 Å². The lowest BCUT2D eigenvalue weighted by molar-refractivity contribution is -0.386. The van der Waals surface area contributed by atoms with Gasteiger partial charge in [-0.25, -0.2) is 8.42 Å². The van der Waals surface area contributed by atoms with Crippen LogP contribution in [0.4, 0.5) is 5.69 Å². The van der Waals surface area contributed by atoms with Crippen molar-refractivity contribution in [1.29, 1.82) is 0 Å². The van der Waals surface area contributed by atoms with E-state index in [2.05, 4.69) is 15.9 Å². The Morgan fingerprint density at radius 1 is 1.55 bits per heavy atom. The Kier molecular flexibility index (Phi) is 5.49. The SMILES string of the molecule is COc1c(S(=O)(=O)N[C@@H](C)C(=O)O)cc(Br)c(C)c1[N+](=O)[O-]. The number of hydrogen-bond acceptors (Lipinski definition) is 6. The van der Waals surface area contributed by atoms with Crippen molar-refractivity contribution in [2.24, 2.45) is 0 Å². The van der Waals surface area contributed by atoms with Crippen LogP contribution >= 0.6 is 15.9 Å². The second kappa shape index (κ2) is 6.58. The zero-order valence-corrected chi connectivity index (χ0v) is 14.2. The molecule has 22 heavy (non-hydrogen) atoms. The lowest BCUT2D eigenvalue weighted by Crippen LogP contribution is -2.38. The first-order valence-electron chi connectivity index (χ1n) is 5.79. The van der Waals surface area contributed by atoms with Gasteiger partial charge in [-0.15, -0.1) is 0 Å². The largest absolute Gasteiger partial charge is 0.489 e. The molecule has 1 rings (SSSR count). The van der Waals surface area contributed by atoms with Gasteiger partial charge in [0.2, 0.25) is 15.8 Å². The van der Waals surface area contributed by atoms with Crippen molar-refractivity contribution in [3.05, 3.63) is 26.2 Å². The van der Waals surface area contributed by atoms with Crippen molar-refractivity contribution in [3.63, 3.8) is 0 Å². The number of nitro groups is 1. The topological polar surface area (TPSA) is 136 Å². The molecule has 0 heterocycles. The first-order chi connectivity index (χ1) is 10.0. The molecule has 0 spiro atoms. The minimum Gasteiger partial charge on any atom is -0.489 e. The van der Waals surface area contributed by atoms with E-state index in [0.717, 1.165) is 20.1 Å². The van der Waals surface area contributed by atoms with Crippen molar-refractivity contribution in [3.8, 4) is 5.75 Å². The van der Waals surface area contributed by atoms with Crippen LogP contribution in [0.25, 0.3) is 0 Å². The van der Waals surface area contributed by atoms with E-state index in [0.29, 0.717) is 0 Å². The molecule has 2 N–H and O–H groups in total. The maximum atomic E-state index is 12.3. The smallest absolute Gasteiger partial charge is 0.321 e. The number of carboxylic acids is 1. The van der Waals surface area contributed by atoms with Gasteiger partial charge in [-0.3, -0.25) is 14.9 Å². The Morgan fingerprint density at radius 2 is 2.09 bits per heavy atom. The number of nitro benzene ring substituents is 1. The Morgan fingerprint density at radius 3 is 2.50 bits per heavy atom. The highest BCUT2D eigenvalue weighted by atomic mass is 79.9. The molecule has 0 radical (unpaired) electrons. The molecule has 1 aromatic rings. The average molecular weight is 397 g/mol. The summed E-state index contributed by atoms with van der Waals surface area (Å²) < 4.78 is 31.5. The quantitative estimate of drug-likeness (QED) is 0.547. The molecule has 0 saturated carbocycles. The van der Waals surface area contributed by atoms with E-state index >= 15 is 0 Å². The zero-order valence-electron chi connectivity index (χ0n) is 11.8. The van der Waals surface area contributed by atoms with Crippen molar-refractivity contribution in [2.45, 2.75) is 24.8 Å². The summed E-state index contributed by atoms with van der Waals surface area (Å²) in [6.07, 6.45) is 0. The van der Waals surface area contributed by atoms with Crippen LogP contribution in [0, 0.1) is 17.0 Å². The van der Waals surface area contributed by atoms with Gasteiger partial charge in [0.1, 0.15) is 10.9 Å². The fourth-order valence-corrected chi connectivity index (χ4v) is 3.61. The molecule has 11 heteroatoms. The molecule has 122 valence electrons. The van der Waals surface area contributed by atoms with Gasteiger partial charge in [0.05, 0.1) is 12.0 Å². The van der Waals surface area contributed by atoms with E-state index < -0.39 is 43.3 Å². The van der Waals surface area contributed by atoms with E-state index in [9.17, 15) is 23.3 Å². The molecule has 0 fully saturated rings. The maximum Gasteiger partial charge on any atom is 0.321 e. The van der Waals surface area contributed by atoms with Crippen molar-refractivity contribution in [1.82, 2.24) is 4.72 Å². The third kappa shape index (κ3) is 3.54. The second-order valence-electron chi connectivity index (χ2n) is 4.30. The molecule has 0 unspecified atom stereocenters. The summed E-state index contributed by atoms with van der Waals surface area (Å²) in [6.45, 7) is 2.55. The minimum absolute atomic E-state index is 0.184.